The highest BCUT2D eigenvalue weighted by Gasteiger charge is 2.32. The Balaban J connectivity index is 1.30. The van der Waals surface area contributed by atoms with Crippen molar-refractivity contribution in [2.75, 3.05) is 0 Å². The van der Waals surface area contributed by atoms with E-state index in [9.17, 15) is 9.90 Å². The number of amides is 1. The number of hydrogen-bond donors (Lipinski definition) is 2. The number of imidazole rings is 1. The van der Waals surface area contributed by atoms with Crippen molar-refractivity contribution in [3.8, 4) is 0 Å². The third-order valence-electron chi connectivity index (χ3n) is 6.38. The Kier molecular flexibility index (Phi) is 8.36. The van der Waals surface area contributed by atoms with Crippen LogP contribution in [0.2, 0.25) is 10.3 Å². The van der Waals surface area contributed by atoms with Crippen molar-refractivity contribution in [3.63, 3.8) is 0 Å². The van der Waals surface area contributed by atoms with E-state index in [1.54, 1.807) is 29.2 Å². The molecule has 1 aliphatic heterocycles. The van der Waals surface area contributed by atoms with Crippen LogP contribution in [0.1, 0.15) is 51.4 Å². The Labute approximate surface area is 230 Å². The molecule has 0 saturated carbocycles. The molecule has 8 nitrogen and oxygen atoms in total. The first kappa shape index (κ1) is 26.3. The number of carbonyl (C=O) groups is 1. The quantitative estimate of drug-likeness (QED) is 0.309. The van der Waals surface area contributed by atoms with E-state index in [0.29, 0.717) is 30.2 Å². The molecule has 4 aromatic rings. The van der Waals surface area contributed by atoms with Crippen molar-refractivity contribution < 1.29 is 19.4 Å². The van der Waals surface area contributed by atoms with Gasteiger partial charge in [0.2, 0.25) is 0 Å². The third kappa shape index (κ3) is 6.23. The van der Waals surface area contributed by atoms with Crippen molar-refractivity contribution in [2.45, 2.75) is 44.6 Å². The summed E-state index contributed by atoms with van der Waals surface area (Å²) < 4.78 is 14.5. The molecule has 2 N–H and O–H groups in total. The third-order valence-corrected chi connectivity index (χ3v) is 7.15. The second-order valence-corrected chi connectivity index (χ2v) is 9.71. The molecule has 1 amide bonds. The van der Waals surface area contributed by atoms with Crippen LogP contribution in [0.5, 0.6) is 0 Å². The molecule has 0 aliphatic carbocycles. The number of hydrogen-bond acceptors (Lipinski definition) is 6. The second-order valence-electron chi connectivity index (χ2n) is 8.99. The number of benzene rings is 2. The molecule has 0 spiro atoms. The van der Waals surface area contributed by atoms with E-state index in [1.165, 1.54) is 6.20 Å². The summed E-state index contributed by atoms with van der Waals surface area (Å²) in [7, 11) is 0. The Morgan fingerprint density at radius 2 is 1.76 bits per heavy atom. The molecular weight excluding hydrogens is 527 g/mol. The number of nitrogens with one attached hydrogen (secondary N) is 1. The van der Waals surface area contributed by atoms with Crippen molar-refractivity contribution in [2.24, 2.45) is 0 Å². The lowest BCUT2D eigenvalue weighted by molar-refractivity contribution is -0.252. The summed E-state index contributed by atoms with van der Waals surface area (Å²) in [6.45, 7) is 0.819. The van der Waals surface area contributed by atoms with Crippen LogP contribution in [0.25, 0.3) is 0 Å². The number of pyridine rings is 1. The zero-order valence-electron chi connectivity index (χ0n) is 20.3. The van der Waals surface area contributed by atoms with Gasteiger partial charge in [-0.3, -0.25) is 9.78 Å². The SMILES string of the molecule is O=C(NCc1ccc([C@H]2O[C@@H](Cn3cnc(Cl)c3Cl)C[C@@H](c3ccc(CO)cc3)O2)cc1)c1cccnc1. The zero-order valence-corrected chi connectivity index (χ0v) is 21.8. The summed E-state index contributed by atoms with van der Waals surface area (Å²) in [5, 5.41) is 12.9. The van der Waals surface area contributed by atoms with Crippen molar-refractivity contribution in [1.29, 1.82) is 0 Å². The zero-order chi connectivity index (χ0) is 26.5. The highest BCUT2D eigenvalue weighted by atomic mass is 35.5. The number of nitrogens with zero attached hydrogens (tertiary/aromatic N) is 3. The molecule has 1 aliphatic rings. The molecule has 2 aromatic carbocycles. The number of aliphatic hydroxyl groups is 1. The Hall–Kier alpha value is -3.27. The van der Waals surface area contributed by atoms with Gasteiger partial charge in [-0.15, -0.1) is 0 Å². The number of halogens is 2. The molecule has 1 saturated heterocycles. The first-order chi connectivity index (χ1) is 18.5. The van der Waals surface area contributed by atoms with E-state index in [0.717, 1.165) is 22.3 Å². The van der Waals surface area contributed by atoms with Gasteiger partial charge >= 0.3 is 0 Å². The van der Waals surface area contributed by atoms with E-state index in [1.807, 2.05) is 48.5 Å². The molecule has 3 heterocycles. The van der Waals surface area contributed by atoms with Crippen molar-refractivity contribution in [3.05, 3.63) is 118 Å². The normalized spacial score (nSPS) is 19.3. The lowest BCUT2D eigenvalue weighted by Gasteiger charge is -2.36. The monoisotopic (exact) mass is 552 g/mol. The average Bonchev–Trinajstić information content (AvgIpc) is 3.28. The minimum absolute atomic E-state index is 0.0188. The van der Waals surface area contributed by atoms with Gasteiger partial charge in [0, 0.05) is 30.9 Å². The van der Waals surface area contributed by atoms with Crippen LogP contribution < -0.4 is 5.32 Å². The summed E-state index contributed by atoms with van der Waals surface area (Å²) in [5.41, 5.74) is 4.12. The standard InChI is InChI=1S/C28H26Cl2N4O4/c29-25-26(30)34(17-33-25)15-23-12-24(20-7-5-19(16-35)6-8-20)38-28(37-23)21-9-3-18(4-10-21)13-32-27(36)22-2-1-11-31-14-22/h1-11,14,17,23-24,28,35H,12-13,15-16H2,(H,32,36)/t23-,24+,28+/m1/s1. The van der Waals surface area contributed by atoms with Gasteiger partial charge in [-0.05, 0) is 28.8 Å². The van der Waals surface area contributed by atoms with Crippen LogP contribution in [-0.4, -0.2) is 31.7 Å². The van der Waals surface area contributed by atoms with Gasteiger partial charge in [-0.25, -0.2) is 4.98 Å². The Morgan fingerprint density at radius 1 is 1.03 bits per heavy atom. The van der Waals surface area contributed by atoms with E-state index in [4.69, 9.17) is 32.7 Å². The summed E-state index contributed by atoms with van der Waals surface area (Å²) in [6.07, 6.45) is 4.28. The highest BCUT2D eigenvalue weighted by Crippen LogP contribution is 2.39. The van der Waals surface area contributed by atoms with Crippen LogP contribution in [-0.2, 0) is 29.2 Å². The fourth-order valence-corrected chi connectivity index (χ4v) is 4.61. The van der Waals surface area contributed by atoms with E-state index in [-0.39, 0.29) is 29.9 Å². The average molecular weight is 553 g/mol. The predicted octanol–water partition coefficient (Wildman–Crippen LogP) is 5.25. The molecule has 3 atom stereocenters. The second kappa shape index (κ2) is 12.1. The molecule has 1 fully saturated rings. The fourth-order valence-electron chi connectivity index (χ4n) is 4.30. The van der Waals surface area contributed by atoms with Crippen LogP contribution in [0.3, 0.4) is 0 Å². The smallest absolute Gasteiger partial charge is 0.253 e. The number of carbonyl (C=O) groups excluding carboxylic acids is 1. The van der Waals surface area contributed by atoms with Gasteiger partial charge in [0.25, 0.3) is 5.91 Å². The first-order valence-corrected chi connectivity index (χ1v) is 12.9. The van der Waals surface area contributed by atoms with Crippen LogP contribution in [0, 0.1) is 0 Å². The van der Waals surface area contributed by atoms with Gasteiger partial charge in [0.05, 0.1) is 37.3 Å². The van der Waals surface area contributed by atoms with E-state index < -0.39 is 6.29 Å². The maximum atomic E-state index is 12.3. The Bertz CT molecular complexity index is 1360. The van der Waals surface area contributed by atoms with Gasteiger partial charge in [-0.2, -0.15) is 0 Å². The molecule has 38 heavy (non-hydrogen) atoms. The summed E-state index contributed by atoms with van der Waals surface area (Å²) >= 11 is 12.3. The molecule has 0 bridgehead atoms. The van der Waals surface area contributed by atoms with Gasteiger partial charge in [0.15, 0.2) is 11.4 Å². The molecule has 5 rings (SSSR count). The maximum absolute atomic E-state index is 12.3. The van der Waals surface area contributed by atoms with E-state index in [2.05, 4.69) is 15.3 Å². The van der Waals surface area contributed by atoms with E-state index >= 15 is 0 Å². The number of ether oxygens (including phenoxy) is 2. The summed E-state index contributed by atoms with van der Waals surface area (Å²) in [6, 6.07) is 18.9. The lowest BCUT2D eigenvalue weighted by Crippen LogP contribution is -2.32. The first-order valence-electron chi connectivity index (χ1n) is 12.1. The number of aliphatic hydroxyl groups excluding tert-OH is 1. The largest absolute Gasteiger partial charge is 0.392 e. The van der Waals surface area contributed by atoms with Gasteiger partial charge in [-0.1, -0.05) is 71.7 Å². The molecular formula is C28H26Cl2N4O4. The number of rotatable bonds is 8. The van der Waals surface area contributed by atoms with Crippen LogP contribution in [0.4, 0.5) is 0 Å². The van der Waals surface area contributed by atoms with Crippen LogP contribution >= 0.6 is 23.2 Å². The van der Waals surface area contributed by atoms with Gasteiger partial charge in [0.1, 0.15) is 5.15 Å². The number of aromatic nitrogens is 3. The lowest BCUT2D eigenvalue weighted by atomic mass is 10.00. The fraction of sp³-hybridized carbons (Fsp3) is 0.250. The molecule has 0 radical (unpaired) electrons. The minimum atomic E-state index is -0.618. The van der Waals surface area contributed by atoms with Crippen LogP contribution in [0.15, 0.2) is 79.4 Å². The van der Waals surface area contributed by atoms with Gasteiger partial charge < -0.3 is 24.5 Å². The molecule has 196 valence electrons. The topological polar surface area (TPSA) is 98.5 Å². The Morgan fingerprint density at radius 3 is 2.42 bits per heavy atom. The summed E-state index contributed by atoms with van der Waals surface area (Å²) in [5.74, 6) is -0.183. The summed E-state index contributed by atoms with van der Waals surface area (Å²) in [4.78, 5) is 20.4. The molecule has 2 aromatic heterocycles. The van der Waals surface area contributed by atoms with Crippen molar-refractivity contribution >= 4 is 29.1 Å². The van der Waals surface area contributed by atoms with Crippen molar-refractivity contribution in [1.82, 2.24) is 19.9 Å². The minimum Gasteiger partial charge on any atom is -0.392 e. The highest BCUT2D eigenvalue weighted by molar-refractivity contribution is 6.40. The maximum Gasteiger partial charge on any atom is 0.253 e. The molecule has 0 unspecified atom stereocenters. The molecule has 10 heteroatoms. The predicted molar refractivity (Wildman–Crippen MR) is 143 cm³/mol.